The number of nitrogens with one attached hydrogen (secondary N) is 1. The number of pyridine rings is 1. The normalized spacial score (nSPS) is 11.1. The van der Waals surface area contributed by atoms with Crippen molar-refractivity contribution in [2.75, 3.05) is 5.32 Å². The van der Waals surface area contributed by atoms with Crippen LogP contribution in [0, 0.1) is 0 Å². The van der Waals surface area contributed by atoms with E-state index in [1.807, 2.05) is 19.9 Å². The van der Waals surface area contributed by atoms with Crippen LogP contribution in [0.15, 0.2) is 45.5 Å². The first-order valence-corrected chi connectivity index (χ1v) is 7.64. The molecule has 0 saturated heterocycles. The number of nitrogens with zero attached hydrogens (tertiary/aromatic N) is 2. The first-order valence-electron chi connectivity index (χ1n) is 6.85. The van der Waals surface area contributed by atoms with Gasteiger partial charge in [0.1, 0.15) is 5.52 Å². The summed E-state index contributed by atoms with van der Waals surface area (Å²) in [6, 6.07) is 7.12. The molecule has 2 heterocycles. The van der Waals surface area contributed by atoms with Crippen molar-refractivity contribution in [2.24, 2.45) is 0 Å². The molecule has 1 N–H and O–H groups in total. The average molecular weight is 360 g/mol. The average Bonchev–Trinajstić information content (AvgIpc) is 2.90. The van der Waals surface area contributed by atoms with Crippen molar-refractivity contribution in [3.8, 4) is 0 Å². The first kappa shape index (κ1) is 14.7. The summed E-state index contributed by atoms with van der Waals surface area (Å²) < 4.78 is 6.41. The van der Waals surface area contributed by atoms with Crippen LogP contribution in [0.5, 0.6) is 0 Å². The van der Waals surface area contributed by atoms with E-state index < -0.39 is 0 Å². The highest BCUT2D eigenvalue weighted by molar-refractivity contribution is 9.10. The lowest BCUT2D eigenvalue weighted by molar-refractivity contribution is 0.102. The molecule has 0 radical (unpaired) electrons. The molecule has 0 bridgehead atoms. The lowest BCUT2D eigenvalue weighted by Crippen LogP contribution is -2.12. The van der Waals surface area contributed by atoms with Crippen LogP contribution >= 0.6 is 15.9 Å². The third-order valence-corrected chi connectivity index (χ3v) is 3.56. The highest BCUT2D eigenvalue weighted by atomic mass is 79.9. The van der Waals surface area contributed by atoms with Crippen LogP contribution in [0.1, 0.15) is 36.0 Å². The molecular weight excluding hydrogens is 346 g/mol. The summed E-state index contributed by atoms with van der Waals surface area (Å²) in [5, 5.41) is 2.83. The topological polar surface area (TPSA) is 68.0 Å². The lowest BCUT2D eigenvalue weighted by Gasteiger charge is -2.04. The zero-order chi connectivity index (χ0) is 15.7. The molecule has 2 aromatic heterocycles. The van der Waals surface area contributed by atoms with E-state index in [1.54, 1.807) is 24.4 Å². The van der Waals surface area contributed by atoms with Crippen LogP contribution < -0.4 is 5.32 Å². The van der Waals surface area contributed by atoms with Crippen molar-refractivity contribution in [1.29, 1.82) is 0 Å². The van der Waals surface area contributed by atoms with Gasteiger partial charge in [0.25, 0.3) is 5.91 Å². The van der Waals surface area contributed by atoms with E-state index in [9.17, 15) is 4.79 Å². The summed E-state index contributed by atoms with van der Waals surface area (Å²) in [5.74, 6) is 0.688. The van der Waals surface area contributed by atoms with Gasteiger partial charge in [-0.1, -0.05) is 13.8 Å². The molecule has 0 fully saturated rings. The van der Waals surface area contributed by atoms with Gasteiger partial charge in [0.15, 0.2) is 11.5 Å². The molecule has 112 valence electrons. The Hall–Kier alpha value is -2.21. The number of fused-ring (bicyclic) bond motifs is 1. The minimum absolute atomic E-state index is 0.221. The summed E-state index contributed by atoms with van der Waals surface area (Å²) in [6.07, 6.45) is 3.15. The molecular formula is C16H14BrN3O2. The number of benzene rings is 1. The predicted molar refractivity (Wildman–Crippen MR) is 88.0 cm³/mol. The molecule has 0 unspecified atom stereocenters. The zero-order valence-electron chi connectivity index (χ0n) is 12.1. The number of oxazole rings is 1. The summed E-state index contributed by atoms with van der Waals surface area (Å²) in [4.78, 5) is 20.6. The summed E-state index contributed by atoms with van der Waals surface area (Å²) in [6.45, 7) is 4.04. The summed E-state index contributed by atoms with van der Waals surface area (Å²) in [7, 11) is 0. The molecule has 0 saturated carbocycles. The van der Waals surface area contributed by atoms with Crippen molar-refractivity contribution < 1.29 is 9.21 Å². The van der Waals surface area contributed by atoms with Gasteiger partial charge in [-0.05, 0) is 40.2 Å². The Kier molecular flexibility index (Phi) is 3.94. The number of rotatable bonds is 3. The van der Waals surface area contributed by atoms with Gasteiger partial charge < -0.3 is 9.73 Å². The van der Waals surface area contributed by atoms with E-state index in [4.69, 9.17) is 4.42 Å². The van der Waals surface area contributed by atoms with Gasteiger partial charge >= 0.3 is 0 Å². The Morgan fingerprint density at radius 2 is 2.09 bits per heavy atom. The second kappa shape index (κ2) is 5.88. The van der Waals surface area contributed by atoms with Crippen LogP contribution in [0.2, 0.25) is 0 Å². The van der Waals surface area contributed by atoms with Gasteiger partial charge in [-0.2, -0.15) is 0 Å². The van der Waals surface area contributed by atoms with E-state index in [0.29, 0.717) is 22.7 Å². The molecule has 0 spiro atoms. The van der Waals surface area contributed by atoms with Gasteiger partial charge in [0.2, 0.25) is 0 Å². The Bertz CT molecular complexity index is 842. The van der Waals surface area contributed by atoms with Gasteiger partial charge in [0, 0.05) is 28.5 Å². The van der Waals surface area contributed by atoms with E-state index >= 15 is 0 Å². The smallest absolute Gasteiger partial charge is 0.257 e. The van der Waals surface area contributed by atoms with Crippen LogP contribution in [-0.2, 0) is 0 Å². The second-order valence-electron chi connectivity index (χ2n) is 5.24. The third kappa shape index (κ3) is 3.01. The van der Waals surface area contributed by atoms with Gasteiger partial charge in [-0.25, -0.2) is 4.98 Å². The number of halogens is 1. The fourth-order valence-corrected chi connectivity index (χ4v) is 2.37. The highest BCUT2D eigenvalue weighted by Gasteiger charge is 2.11. The Balaban J connectivity index is 1.86. The number of carbonyl (C=O) groups excluding carboxylic acids is 1. The Morgan fingerprint density at radius 1 is 1.27 bits per heavy atom. The molecule has 3 aromatic rings. The summed E-state index contributed by atoms with van der Waals surface area (Å²) in [5.41, 5.74) is 2.60. The Morgan fingerprint density at radius 3 is 2.82 bits per heavy atom. The zero-order valence-corrected chi connectivity index (χ0v) is 13.7. The SMILES string of the molecule is CC(C)c1nc2cc(NC(=O)c3cncc(Br)c3)ccc2o1. The lowest BCUT2D eigenvalue weighted by atomic mass is 10.2. The quantitative estimate of drug-likeness (QED) is 0.754. The molecule has 5 nitrogen and oxygen atoms in total. The molecule has 3 rings (SSSR count). The van der Waals surface area contributed by atoms with Crippen LogP contribution in [0.4, 0.5) is 5.69 Å². The van der Waals surface area contributed by atoms with E-state index in [0.717, 1.165) is 9.99 Å². The van der Waals surface area contributed by atoms with E-state index in [-0.39, 0.29) is 11.8 Å². The molecule has 0 aliphatic carbocycles. The number of hydrogen-bond acceptors (Lipinski definition) is 4. The van der Waals surface area contributed by atoms with Crippen molar-refractivity contribution in [3.05, 3.63) is 52.6 Å². The van der Waals surface area contributed by atoms with E-state index in [2.05, 4.69) is 31.2 Å². The monoisotopic (exact) mass is 359 g/mol. The van der Waals surface area contributed by atoms with E-state index in [1.165, 1.54) is 6.20 Å². The first-order chi connectivity index (χ1) is 10.5. The number of aromatic nitrogens is 2. The van der Waals surface area contributed by atoms with Crippen molar-refractivity contribution in [3.63, 3.8) is 0 Å². The minimum atomic E-state index is -0.222. The molecule has 0 atom stereocenters. The van der Waals surface area contributed by atoms with Crippen LogP contribution in [0.25, 0.3) is 11.1 Å². The van der Waals surface area contributed by atoms with Gasteiger partial charge in [-0.15, -0.1) is 0 Å². The van der Waals surface area contributed by atoms with Crippen molar-refractivity contribution in [2.45, 2.75) is 19.8 Å². The van der Waals surface area contributed by atoms with Crippen LogP contribution in [-0.4, -0.2) is 15.9 Å². The molecule has 1 aromatic carbocycles. The standard InChI is InChI=1S/C16H14BrN3O2/c1-9(2)16-20-13-6-12(3-4-14(13)22-16)19-15(21)10-5-11(17)8-18-7-10/h3-9H,1-2H3,(H,19,21). The Labute approximate surface area is 135 Å². The minimum Gasteiger partial charge on any atom is -0.440 e. The second-order valence-corrected chi connectivity index (χ2v) is 6.15. The fraction of sp³-hybridized carbons (Fsp3) is 0.188. The van der Waals surface area contributed by atoms with Crippen LogP contribution in [0.3, 0.4) is 0 Å². The van der Waals surface area contributed by atoms with Gasteiger partial charge in [-0.3, -0.25) is 9.78 Å². The summed E-state index contributed by atoms with van der Waals surface area (Å²) >= 11 is 3.30. The number of hydrogen-bond donors (Lipinski definition) is 1. The number of anilines is 1. The molecule has 0 aliphatic heterocycles. The molecule has 0 aliphatic rings. The maximum Gasteiger partial charge on any atom is 0.257 e. The predicted octanol–water partition coefficient (Wildman–Crippen LogP) is 4.36. The van der Waals surface area contributed by atoms with Gasteiger partial charge in [0.05, 0.1) is 5.56 Å². The fourth-order valence-electron chi connectivity index (χ4n) is 2.01. The molecule has 1 amide bonds. The van der Waals surface area contributed by atoms with Crippen molar-refractivity contribution >= 4 is 38.6 Å². The highest BCUT2D eigenvalue weighted by Crippen LogP contribution is 2.24. The molecule has 22 heavy (non-hydrogen) atoms. The third-order valence-electron chi connectivity index (χ3n) is 3.12. The maximum atomic E-state index is 12.2. The largest absolute Gasteiger partial charge is 0.440 e. The number of carbonyl (C=O) groups is 1. The maximum absolute atomic E-state index is 12.2. The number of amides is 1. The molecule has 6 heteroatoms. The van der Waals surface area contributed by atoms with Crippen molar-refractivity contribution in [1.82, 2.24) is 9.97 Å².